The highest BCUT2D eigenvalue weighted by Crippen LogP contribution is 2.30. The third-order valence-corrected chi connectivity index (χ3v) is 4.57. The van der Waals surface area contributed by atoms with Gasteiger partial charge in [0.25, 0.3) is 5.91 Å². The summed E-state index contributed by atoms with van der Waals surface area (Å²) in [5, 5.41) is 2.94. The number of anilines is 2. The van der Waals surface area contributed by atoms with Crippen LogP contribution in [0.2, 0.25) is 0 Å². The van der Waals surface area contributed by atoms with Gasteiger partial charge in [-0.25, -0.2) is 0 Å². The number of rotatable bonds is 6. The lowest BCUT2D eigenvalue weighted by atomic mass is 10.0. The van der Waals surface area contributed by atoms with E-state index >= 15 is 0 Å². The van der Waals surface area contributed by atoms with Gasteiger partial charge in [-0.3, -0.25) is 9.59 Å². The predicted molar refractivity (Wildman–Crippen MR) is 104 cm³/mol. The van der Waals surface area contributed by atoms with Crippen LogP contribution in [0.3, 0.4) is 0 Å². The molecule has 0 atom stereocenters. The fraction of sp³-hybridized carbons (Fsp3) is 0.333. The van der Waals surface area contributed by atoms with Crippen molar-refractivity contribution in [3.63, 3.8) is 0 Å². The monoisotopic (exact) mass is 368 g/mol. The van der Waals surface area contributed by atoms with Crippen LogP contribution in [0, 0.1) is 0 Å². The number of carbonyl (C=O) groups is 2. The fourth-order valence-electron chi connectivity index (χ4n) is 3.27. The van der Waals surface area contributed by atoms with Gasteiger partial charge >= 0.3 is 0 Å². The van der Waals surface area contributed by atoms with Crippen LogP contribution in [0.5, 0.6) is 5.75 Å². The van der Waals surface area contributed by atoms with Gasteiger partial charge in [0.05, 0.1) is 13.5 Å². The topological polar surface area (TPSA) is 67.9 Å². The fourth-order valence-corrected chi connectivity index (χ4v) is 3.27. The number of methoxy groups -OCH3 is 2. The van der Waals surface area contributed by atoms with Crippen LogP contribution in [-0.4, -0.2) is 39.2 Å². The van der Waals surface area contributed by atoms with Gasteiger partial charge in [-0.05, 0) is 54.3 Å². The van der Waals surface area contributed by atoms with Gasteiger partial charge in [0.1, 0.15) is 12.4 Å². The molecule has 27 heavy (non-hydrogen) atoms. The maximum absolute atomic E-state index is 12.3. The summed E-state index contributed by atoms with van der Waals surface area (Å²) in [6.07, 6.45) is 2.07. The molecule has 0 bridgehead atoms. The Morgan fingerprint density at radius 2 is 1.89 bits per heavy atom. The molecular weight excluding hydrogens is 344 g/mol. The third kappa shape index (κ3) is 4.65. The Morgan fingerprint density at radius 1 is 1.11 bits per heavy atom. The molecule has 3 rings (SSSR count). The molecule has 2 amide bonds. The van der Waals surface area contributed by atoms with Gasteiger partial charge in [-0.1, -0.05) is 12.1 Å². The Morgan fingerprint density at radius 3 is 2.59 bits per heavy atom. The molecule has 0 saturated heterocycles. The van der Waals surface area contributed by atoms with Crippen LogP contribution in [0.1, 0.15) is 17.5 Å². The summed E-state index contributed by atoms with van der Waals surface area (Å²) >= 11 is 0. The molecule has 0 saturated carbocycles. The number of hydrogen-bond acceptors (Lipinski definition) is 4. The summed E-state index contributed by atoms with van der Waals surface area (Å²) in [5.74, 6) is 0.638. The number of fused-ring (bicyclic) bond motifs is 1. The van der Waals surface area contributed by atoms with Crippen molar-refractivity contribution >= 4 is 23.2 Å². The van der Waals surface area contributed by atoms with Gasteiger partial charge in [0, 0.05) is 25.0 Å². The second kappa shape index (κ2) is 8.68. The first-order valence-corrected chi connectivity index (χ1v) is 8.95. The number of nitrogens with zero attached hydrogens (tertiary/aromatic N) is 1. The number of nitrogens with one attached hydrogen (secondary N) is 1. The molecule has 0 radical (unpaired) electrons. The van der Waals surface area contributed by atoms with Crippen LogP contribution in [0.4, 0.5) is 11.4 Å². The van der Waals surface area contributed by atoms with E-state index in [0.29, 0.717) is 13.0 Å². The lowest BCUT2D eigenvalue weighted by molar-refractivity contribution is -0.122. The zero-order chi connectivity index (χ0) is 19.2. The van der Waals surface area contributed by atoms with E-state index in [1.54, 1.807) is 12.0 Å². The number of aryl methyl sites for hydroxylation is 1. The smallest absolute Gasteiger partial charge is 0.252 e. The molecule has 1 heterocycles. The standard InChI is InChI=1S/C21H24N2O4/c1-26-14-21(25)23-11-3-4-16-13-17(7-10-19(16)23)22-20(24)12-15-5-8-18(27-2)9-6-15/h5-10,13H,3-4,11-12,14H2,1-2H3,(H,22,24). The molecule has 0 spiro atoms. The van der Waals surface area contributed by atoms with Crippen molar-refractivity contribution in [2.45, 2.75) is 19.3 Å². The molecule has 0 unspecified atom stereocenters. The number of amides is 2. The molecule has 0 aliphatic carbocycles. The second-order valence-electron chi connectivity index (χ2n) is 6.50. The van der Waals surface area contributed by atoms with Crippen molar-refractivity contribution < 1.29 is 19.1 Å². The Hall–Kier alpha value is -2.86. The Labute approximate surface area is 159 Å². The van der Waals surface area contributed by atoms with Crippen molar-refractivity contribution in [2.24, 2.45) is 0 Å². The largest absolute Gasteiger partial charge is 0.497 e. The van der Waals surface area contributed by atoms with Crippen molar-refractivity contribution in [3.05, 3.63) is 53.6 Å². The summed E-state index contributed by atoms with van der Waals surface area (Å²) in [6.45, 7) is 0.762. The van der Waals surface area contributed by atoms with Crippen LogP contribution >= 0.6 is 0 Å². The van der Waals surface area contributed by atoms with Gasteiger partial charge in [0.15, 0.2) is 0 Å². The molecular formula is C21H24N2O4. The first-order chi connectivity index (χ1) is 13.1. The van der Waals surface area contributed by atoms with Crippen LogP contribution in [0.25, 0.3) is 0 Å². The normalized spacial score (nSPS) is 13.0. The van der Waals surface area contributed by atoms with Gasteiger partial charge in [-0.2, -0.15) is 0 Å². The van der Waals surface area contributed by atoms with E-state index in [9.17, 15) is 9.59 Å². The van der Waals surface area contributed by atoms with E-state index < -0.39 is 0 Å². The summed E-state index contributed by atoms with van der Waals surface area (Å²) in [7, 11) is 3.13. The highest BCUT2D eigenvalue weighted by atomic mass is 16.5. The van der Waals surface area contributed by atoms with Crippen LogP contribution < -0.4 is 15.0 Å². The van der Waals surface area contributed by atoms with E-state index in [-0.39, 0.29) is 18.4 Å². The highest BCUT2D eigenvalue weighted by molar-refractivity contribution is 5.97. The molecule has 6 heteroatoms. The first-order valence-electron chi connectivity index (χ1n) is 8.95. The molecule has 2 aromatic carbocycles. The van der Waals surface area contributed by atoms with E-state index in [4.69, 9.17) is 9.47 Å². The van der Waals surface area contributed by atoms with Crippen molar-refractivity contribution in [2.75, 3.05) is 37.6 Å². The zero-order valence-electron chi connectivity index (χ0n) is 15.7. The average Bonchev–Trinajstić information content (AvgIpc) is 2.68. The third-order valence-electron chi connectivity index (χ3n) is 4.57. The first kappa shape index (κ1) is 18.9. The minimum Gasteiger partial charge on any atom is -0.497 e. The zero-order valence-corrected chi connectivity index (χ0v) is 15.7. The molecule has 6 nitrogen and oxygen atoms in total. The quantitative estimate of drug-likeness (QED) is 0.851. The summed E-state index contributed by atoms with van der Waals surface area (Å²) in [4.78, 5) is 26.3. The lowest BCUT2D eigenvalue weighted by Gasteiger charge is -2.29. The van der Waals surface area contributed by atoms with Gasteiger partial charge in [0.2, 0.25) is 5.91 Å². The Balaban J connectivity index is 1.67. The molecule has 1 aliphatic heterocycles. The molecule has 0 aromatic heterocycles. The average molecular weight is 368 g/mol. The SMILES string of the molecule is COCC(=O)N1CCCc2cc(NC(=O)Cc3ccc(OC)cc3)ccc21. The predicted octanol–water partition coefficient (Wildman–Crippen LogP) is 2.80. The van der Waals surface area contributed by atoms with Gasteiger partial charge in [-0.15, -0.1) is 0 Å². The number of ether oxygens (including phenoxy) is 2. The van der Waals surface area contributed by atoms with E-state index in [1.165, 1.54) is 7.11 Å². The number of benzene rings is 2. The van der Waals surface area contributed by atoms with Crippen molar-refractivity contribution in [3.8, 4) is 5.75 Å². The highest BCUT2D eigenvalue weighted by Gasteiger charge is 2.22. The van der Waals surface area contributed by atoms with E-state index in [2.05, 4.69) is 5.32 Å². The van der Waals surface area contributed by atoms with Gasteiger partial charge < -0.3 is 19.7 Å². The van der Waals surface area contributed by atoms with Crippen LogP contribution in [0.15, 0.2) is 42.5 Å². The molecule has 0 fully saturated rings. The van der Waals surface area contributed by atoms with E-state index in [0.717, 1.165) is 41.1 Å². The maximum atomic E-state index is 12.3. The minimum atomic E-state index is -0.0803. The summed E-state index contributed by atoms with van der Waals surface area (Å²) in [6, 6.07) is 13.1. The lowest BCUT2D eigenvalue weighted by Crippen LogP contribution is -2.37. The van der Waals surface area contributed by atoms with Crippen molar-refractivity contribution in [1.82, 2.24) is 0 Å². The van der Waals surface area contributed by atoms with Crippen molar-refractivity contribution in [1.29, 1.82) is 0 Å². The molecule has 2 aromatic rings. The Bertz CT molecular complexity index is 817. The second-order valence-corrected chi connectivity index (χ2v) is 6.50. The van der Waals surface area contributed by atoms with Crippen LogP contribution in [-0.2, 0) is 27.2 Å². The molecule has 1 aliphatic rings. The number of hydrogen-bond donors (Lipinski definition) is 1. The molecule has 1 N–H and O–H groups in total. The molecule has 142 valence electrons. The number of carbonyl (C=O) groups excluding carboxylic acids is 2. The Kier molecular flexibility index (Phi) is 6.08. The maximum Gasteiger partial charge on any atom is 0.252 e. The van der Waals surface area contributed by atoms with E-state index in [1.807, 2.05) is 42.5 Å². The summed E-state index contributed by atoms with van der Waals surface area (Å²) in [5.41, 5.74) is 3.63. The summed E-state index contributed by atoms with van der Waals surface area (Å²) < 4.78 is 10.1. The minimum absolute atomic E-state index is 0.0465.